The van der Waals surface area contributed by atoms with E-state index in [9.17, 15) is 13.2 Å². The van der Waals surface area contributed by atoms with Crippen molar-refractivity contribution in [3.63, 3.8) is 0 Å². The highest BCUT2D eigenvalue weighted by Gasteiger charge is 2.29. The van der Waals surface area contributed by atoms with Crippen LogP contribution in [0, 0.1) is 20.8 Å². The fourth-order valence-corrected chi connectivity index (χ4v) is 6.66. The van der Waals surface area contributed by atoms with Gasteiger partial charge in [0.15, 0.2) is 0 Å². The van der Waals surface area contributed by atoms with Crippen molar-refractivity contribution in [2.75, 3.05) is 26.2 Å². The first-order valence-electron chi connectivity index (χ1n) is 11.3. The zero-order valence-corrected chi connectivity index (χ0v) is 21.3. The van der Waals surface area contributed by atoms with Gasteiger partial charge in [0.1, 0.15) is 5.76 Å². The third-order valence-electron chi connectivity index (χ3n) is 6.07. The number of benzene rings is 2. The Morgan fingerprint density at radius 1 is 1.00 bits per heavy atom. The van der Waals surface area contributed by atoms with Gasteiger partial charge in [-0.05, 0) is 51.5 Å². The fraction of sp³-hybridized carbons (Fsp3) is 0.360. The molecule has 1 aromatic heterocycles. The van der Waals surface area contributed by atoms with Crippen LogP contribution >= 0.6 is 11.8 Å². The van der Waals surface area contributed by atoms with Crippen molar-refractivity contribution in [3.8, 4) is 0 Å². The lowest BCUT2D eigenvalue weighted by Crippen LogP contribution is -2.37. The van der Waals surface area contributed by atoms with E-state index >= 15 is 0 Å². The highest BCUT2D eigenvalue weighted by Crippen LogP contribution is 2.30. The molecular weight excluding hydrogens is 470 g/mol. The molecule has 0 radical (unpaired) electrons. The molecule has 7 nitrogen and oxygen atoms in total. The molecule has 9 heteroatoms. The molecule has 2 aromatic carbocycles. The molecule has 0 aliphatic carbocycles. The molecule has 1 fully saturated rings. The van der Waals surface area contributed by atoms with Crippen LogP contribution in [0.4, 0.5) is 0 Å². The lowest BCUT2D eigenvalue weighted by atomic mass is 10.2. The van der Waals surface area contributed by atoms with E-state index in [2.05, 4.69) is 5.16 Å². The monoisotopic (exact) mass is 499 g/mol. The largest absolute Gasteiger partial charge is 0.361 e. The molecule has 0 spiro atoms. The molecule has 0 atom stereocenters. The molecule has 3 aromatic rings. The summed E-state index contributed by atoms with van der Waals surface area (Å²) in [4.78, 5) is 16.4. The second kappa shape index (κ2) is 10.3. The molecule has 0 N–H and O–H groups in total. The quantitative estimate of drug-likeness (QED) is 0.467. The van der Waals surface area contributed by atoms with Crippen molar-refractivity contribution in [2.45, 2.75) is 42.7 Å². The van der Waals surface area contributed by atoms with Crippen LogP contribution in [0.1, 0.15) is 39.4 Å². The molecule has 2 heterocycles. The number of hydrogen-bond donors (Lipinski definition) is 0. The zero-order valence-electron chi connectivity index (χ0n) is 19.7. The summed E-state index contributed by atoms with van der Waals surface area (Å²) in [6.45, 7) is 7.27. The van der Waals surface area contributed by atoms with Gasteiger partial charge in [0.05, 0.1) is 16.2 Å². The molecule has 4 rings (SSSR count). The number of thioether (sulfide) groups is 1. The second-order valence-corrected chi connectivity index (χ2v) is 11.4. The number of sulfonamides is 1. The van der Waals surface area contributed by atoms with Gasteiger partial charge in [-0.25, -0.2) is 8.42 Å². The van der Waals surface area contributed by atoms with E-state index in [1.165, 1.54) is 4.31 Å². The highest BCUT2D eigenvalue weighted by molar-refractivity contribution is 7.98. The van der Waals surface area contributed by atoms with E-state index in [0.717, 1.165) is 27.5 Å². The fourth-order valence-electron chi connectivity index (χ4n) is 3.99. The standard InChI is InChI=1S/C25H29N3O4S2/c1-18-9-11-21(12-10-18)34(30,31)28-14-6-13-27(15-16-28)25(29)22-7-4-5-8-24(22)33-17-23-19(2)26-32-20(23)3/h4-5,7-12H,6,13-17H2,1-3H3. The smallest absolute Gasteiger partial charge is 0.255 e. The van der Waals surface area contributed by atoms with Crippen LogP contribution in [0.15, 0.2) is 62.8 Å². The summed E-state index contributed by atoms with van der Waals surface area (Å²) in [7, 11) is -3.59. The van der Waals surface area contributed by atoms with E-state index in [0.29, 0.717) is 42.3 Å². The number of aromatic nitrogens is 1. The maximum absolute atomic E-state index is 13.4. The Bertz CT molecular complexity index is 1250. The molecule has 0 bridgehead atoms. The Balaban J connectivity index is 1.47. The minimum Gasteiger partial charge on any atom is -0.361 e. The summed E-state index contributed by atoms with van der Waals surface area (Å²) in [5, 5.41) is 4.01. The van der Waals surface area contributed by atoms with E-state index in [1.54, 1.807) is 40.9 Å². The van der Waals surface area contributed by atoms with E-state index in [-0.39, 0.29) is 12.5 Å². The Hall–Kier alpha value is -2.62. The number of carbonyl (C=O) groups is 1. The number of carbonyl (C=O) groups excluding carboxylic acids is 1. The van der Waals surface area contributed by atoms with Crippen LogP contribution in [-0.2, 0) is 15.8 Å². The van der Waals surface area contributed by atoms with Crippen molar-refractivity contribution in [2.24, 2.45) is 0 Å². The highest BCUT2D eigenvalue weighted by atomic mass is 32.2. The zero-order chi connectivity index (χ0) is 24.3. The summed E-state index contributed by atoms with van der Waals surface area (Å²) >= 11 is 1.58. The molecular formula is C25H29N3O4S2. The predicted octanol–water partition coefficient (Wildman–Crippen LogP) is 4.43. The molecule has 1 aliphatic heterocycles. The van der Waals surface area contributed by atoms with E-state index in [1.807, 2.05) is 45.0 Å². The van der Waals surface area contributed by atoms with Crippen molar-refractivity contribution in [1.82, 2.24) is 14.4 Å². The summed E-state index contributed by atoms with van der Waals surface area (Å²) in [6.07, 6.45) is 0.589. The molecule has 1 saturated heterocycles. The van der Waals surface area contributed by atoms with Crippen LogP contribution in [0.2, 0.25) is 0 Å². The Morgan fingerprint density at radius 3 is 2.44 bits per heavy atom. The van der Waals surface area contributed by atoms with E-state index < -0.39 is 10.0 Å². The van der Waals surface area contributed by atoms with Gasteiger partial charge < -0.3 is 9.42 Å². The minimum atomic E-state index is -3.59. The van der Waals surface area contributed by atoms with Crippen LogP contribution in [0.5, 0.6) is 0 Å². The van der Waals surface area contributed by atoms with Gasteiger partial charge >= 0.3 is 0 Å². The third-order valence-corrected chi connectivity index (χ3v) is 9.08. The van der Waals surface area contributed by atoms with Crippen molar-refractivity contribution in [3.05, 3.63) is 76.7 Å². The maximum atomic E-state index is 13.4. The van der Waals surface area contributed by atoms with Gasteiger partial charge in [0, 0.05) is 42.4 Å². The first kappa shape index (κ1) is 24.5. The molecule has 1 aliphatic rings. The SMILES string of the molecule is Cc1ccc(S(=O)(=O)N2CCCN(C(=O)c3ccccc3SCc3c(C)noc3C)CC2)cc1. The lowest BCUT2D eigenvalue weighted by Gasteiger charge is -2.23. The summed E-state index contributed by atoms with van der Waals surface area (Å²) in [6, 6.07) is 14.5. The number of aryl methyl sites for hydroxylation is 3. The normalized spacial score (nSPS) is 15.3. The van der Waals surface area contributed by atoms with Gasteiger partial charge in [-0.15, -0.1) is 11.8 Å². The molecule has 1 amide bonds. The van der Waals surface area contributed by atoms with Crippen LogP contribution in [0.25, 0.3) is 0 Å². The predicted molar refractivity (Wildman–Crippen MR) is 132 cm³/mol. The minimum absolute atomic E-state index is 0.0727. The Morgan fingerprint density at radius 2 is 1.74 bits per heavy atom. The van der Waals surface area contributed by atoms with E-state index in [4.69, 9.17) is 4.52 Å². The van der Waals surface area contributed by atoms with Crippen molar-refractivity contribution < 1.29 is 17.7 Å². The molecule has 34 heavy (non-hydrogen) atoms. The Labute approximate surface area is 205 Å². The van der Waals surface area contributed by atoms with Gasteiger partial charge in [-0.1, -0.05) is 35.0 Å². The molecule has 180 valence electrons. The Kier molecular flexibility index (Phi) is 7.45. The average Bonchev–Trinajstić information content (AvgIpc) is 3.01. The first-order chi connectivity index (χ1) is 16.3. The number of amides is 1. The first-order valence-corrected chi connectivity index (χ1v) is 13.7. The van der Waals surface area contributed by atoms with Gasteiger partial charge in [-0.3, -0.25) is 4.79 Å². The lowest BCUT2D eigenvalue weighted by molar-refractivity contribution is 0.0761. The van der Waals surface area contributed by atoms with Gasteiger partial charge in [-0.2, -0.15) is 4.31 Å². The van der Waals surface area contributed by atoms with Gasteiger partial charge in [0.25, 0.3) is 5.91 Å². The average molecular weight is 500 g/mol. The van der Waals surface area contributed by atoms with Crippen LogP contribution in [-0.4, -0.2) is 54.9 Å². The third kappa shape index (κ3) is 5.21. The van der Waals surface area contributed by atoms with Crippen molar-refractivity contribution >= 4 is 27.7 Å². The molecule has 0 saturated carbocycles. The second-order valence-electron chi connectivity index (χ2n) is 8.45. The molecule has 0 unspecified atom stereocenters. The van der Waals surface area contributed by atoms with Gasteiger partial charge in [0.2, 0.25) is 10.0 Å². The van der Waals surface area contributed by atoms with Crippen LogP contribution in [0.3, 0.4) is 0 Å². The summed E-state index contributed by atoms with van der Waals surface area (Å²) in [5.74, 6) is 1.38. The number of hydrogen-bond acceptors (Lipinski definition) is 6. The summed E-state index contributed by atoms with van der Waals surface area (Å²) in [5.41, 5.74) is 3.54. The topological polar surface area (TPSA) is 83.7 Å². The maximum Gasteiger partial charge on any atom is 0.255 e. The number of rotatable bonds is 6. The van der Waals surface area contributed by atoms with Crippen LogP contribution < -0.4 is 0 Å². The van der Waals surface area contributed by atoms with Crippen molar-refractivity contribution in [1.29, 1.82) is 0 Å². The summed E-state index contributed by atoms with van der Waals surface area (Å²) < 4.78 is 33.0. The number of nitrogens with zero attached hydrogens (tertiary/aromatic N) is 3.